The van der Waals surface area contributed by atoms with E-state index in [9.17, 15) is 13.2 Å². The monoisotopic (exact) mass is 286 g/mol. The number of anilines is 1. The van der Waals surface area contributed by atoms with E-state index in [1.54, 1.807) is 12.1 Å². The minimum Gasteiger partial charge on any atom is -0.399 e. The average molecular weight is 286 g/mol. The first-order valence-electron chi connectivity index (χ1n) is 6.26. The number of hydrogen-bond acceptors (Lipinski definition) is 3. The summed E-state index contributed by atoms with van der Waals surface area (Å²) in [5, 5.41) is 0. The minimum atomic E-state index is -4.47. The number of aromatic nitrogens is 2. The molecule has 2 rings (SSSR count). The number of benzene rings is 1. The summed E-state index contributed by atoms with van der Waals surface area (Å²) in [5.74, 6) is -0.864. The number of nitrogens with zero attached hydrogens (tertiary/aromatic N) is 3. The van der Waals surface area contributed by atoms with E-state index in [1.165, 1.54) is 10.6 Å². The number of rotatable bonds is 4. The van der Waals surface area contributed by atoms with Gasteiger partial charge in [0.25, 0.3) is 0 Å². The third-order valence-corrected chi connectivity index (χ3v) is 3.01. The Morgan fingerprint density at radius 3 is 2.60 bits per heavy atom. The van der Waals surface area contributed by atoms with Gasteiger partial charge in [-0.2, -0.15) is 13.2 Å². The van der Waals surface area contributed by atoms with Gasteiger partial charge in [0, 0.05) is 12.2 Å². The highest BCUT2D eigenvalue weighted by Crippen LogP contribution is 2.32. The second kappa shape index (κ2) is 5.32. The highest BCUT2D eigenvalue weighted by molar-refractivity contribution is 5.79. The van der Waals surface area contributed by atoms with Crippen LogP contribution in [0.25, 0.3) is 11.0 Å². The third kappa shape index (κ3) is 3.04. The zero-order valence-electron chi connectivity index (χ0n) is 11.4. The third-order valence-electron chi connectivity index (χ3n) is 3.01. The number of aryl methyl sites for hydroxylation is 1. The highest BCUT2D eigenvalue weighted by atomic mass is 19.4. The van der Waals surface area contributed by atoms with Gasteiger partial charge in [0.15, 0.2) is 0 Å². The first-order valence-corrected chi connectivity index (χ1v) is 6.26. The van der Waals surface area contributed by atoms with Crippen LogP contribution in [0.4, 0.5) is 18.9 Å². The van der Waals surface area contributed by atoms with Crippen LogP contribution in [0.2, 0.25) is 0 Å². The maximum absolute atomic E-state index is 13.0. The normalized spacial score (nSPS) is 12.5. The van der Waals surface area contributed by atoms with Crippen molar-refractivity contribution in [3.8, 4) is 0 Å². The van der Waals surface area contributed by atoms with Crippen molar-refractivity contribution in [3.05, 3.63) is 24.0 Å². The van der Waals surface area contributed by atoms with Crippen LogP contribution < -0.4 is 5.73 Å². The van der Waals surface area contributed by atoms with Gasteiger partial charge in [-0.3, -0.25) is 0 Å². The first-order chi connectivity index (χ1) is 9.29. The molecule has 20 heavy (non-hydrogen) atoms. The van der Waals surface area contributed by atoms with E-state index >= 15 is 0 Å². The van der Waals surface area contributed by atoms with Crippen LogP contribution in [0.1, 0.15) is 12.2 Å². The van der Waals surface area contributed by atoms with Gasteiger partial charge in [-0.1, -0.05) is 0 Å². The molecular formula is C13H17F3N4. The molecule has 0 saturated heterocycles. The lowest BCUT2D eigenvalue weighted by atomic mass is 10.3. The molecular weight excluding hydrogens is 269 g/mol. The van der Waals surface area contributed by atoms with Crippen molar-refractivity contribution in [2.75, 3.05) is 26.4 Å². The number of imidazole rings is 1. The zero-order valence-corrected chi connectivity index (χ0v) is 11.4. The predicted molar refractivity (Wildman–Crippen MR) is 72.3 cm³/mol. The summed E-state index contributed by atoms with van der Waals surface area (Å²) in [5.41, 5.74) is 6.74. The molecule has 0 amide bonds. The summed E-state index contributed by atoms with van der Waals surface area (Å²) in [7, 11) is 3.77. The molecule has 2 aromatic rings. The molecule has 0 atom stereocenters. The van der Waals surface area contributed by atoms with Crippen LogP contribution >= 0.6 is 0 Å². The first kappa shape index (κ1) is 14.6. The molecule has 0 radical (unpaired) electrons. The smallest absolute Gasteiger partial charge is 0.399 e. The highest BCUT2D eigenvalue weighted by Gasteiger charge is 2.37. The number of fused-ring (bicyclic) bond motifs is 1. The van der Waals surface area contributed by atoms with Crippen molar-refractivity contribution in [3.63, 3.8) is 0 Å². The van der Waals surface area contributed by atoms with Crippen molar-refractivity contribution < 1.29 is 13.2 Å². The fourth-order valence-electron chi connectivity index (χ4n) is 2.13. The van der Waals surface area contributed by atoms with Crippen LogP contribution in [0.3, 0.4) is 0 Å². The van der Waals surface area contributed by atoms with E-state index in [1.807, 2.05) is 19.0 Å². The van der Waals surface area contributed by atoms with E-state index < -0.39 is 12.0 Å². The Kier molecular flexibility index (Phi) is 3.89. The van der Waals surface area contributed by atoms with E-state index in [2.05, 4.69) is 4.98 Å². The lowest BCUT2D eigenvalue weighted by molar-refractivity contribution is -0.147. The molecule has 7 heteroatoms. The molecule has 0 aliphatic heterocycles. The molecule has 0 aliphatic carbocycles. The lowest BCUT2D eigenvalue weighted by Crippen LogP contribution is -2.19. The Bertz CT molecular complexity index is 601. The fraction of sp³-hybridized carbons (Fsp3) is 0.462. The van der Waals surface area contributed by atoms with Crippen LogP contribution in [0.15, 0.2) is 18.2 Å². The second-order valence-electron chi connectivity index (χ2n) is 4.99. The largest absolute Gasteiger partial charge is 0.449 e. The van der Waals surface area contributed by atoms with Crippen molar-refractivity contribution >= 4 is 16.7 Å². The lowest BCUT2D eigenvalue weighted by Gasteiger charge is -2.13. The Hall–Kier alpha value is -1.76. The molecule has 0 aliphatic rings. The van der Waals surface area contributed by atoms with Crippen molar-refractivity contribution in [2.45, 2.75) is 19.1 Å². The zero-order chi connectivity index (χ0) is 14.9. The Labute approximate surface area is 115 Å². The van der Waals surface area contributed by atoms with E-state index in [0.717, 1.165) is 0 Å². The maximum Gasteiger partial charge on any atom is 0.449 e. The molecule has 0 saturated carbocycles. The molecule has 0 fully saturated rings. The maximum atomic E-state index is 13.0. The van der Waals surface area contributed by atoms with Crippen LogP contribution in [-0.2, 0) is 12.7 Å². The van der Waals surface area contributed by atoms with Gasteiger partial charge in [-0.15, -0.1) is 0 Å². The molecule has 1 heterocycles. The van der Waals surface area contributed by atoms with Crippen LogP contribution in [0, 0.1) is 0 Å². The fourth-order valence-corrected chi connectivity index (χ4v) is 2.13. The van der Waals surface area contributed by atoms with Gasteiger partial charge >= 0.3 is 6.18 Å². The molecule has 0 unspecified atom stereocenters. The summed E-state index contributed by atoms with van der Waals surface area (Å²) < 4.78 is 40.4. The summed E-state index contributed by atoms with van der Waals surface area (Å²) in [6, 6.07) is 4.64. The second-order valence-corrected chi connectivity index (χ2v) is 4.99. The molecule has 4 nitrogen and oxygen atoms in total. The number of nitrogens with two attached hydrogens (primary N) is 1. The quantitative estimate of drug-likeness (QED) is 0.879. The molecule has 1 aromatic heterocycles. The van der Waals surface area contributed by atoms with Gasteiger partial charge in [-0.05, 0) is 45.3 Å². The minimum absolute atomic E-state index is 0.271. The van der Waals surface area contributed by atoms with Gasteiger partial charge < -0.3 is 15.2 Å². The Morgan fingerprint density at radius 1 is 1.30 bits per heavy atom. The summed E-state index contributed by atoms with van der Waals surface area (Å²) in [6.07, 6.45) is -3.85. The number of alkyl halides is 3. The summed E-state index contributed by atoms with van der Waals surface area (Å²) >= 11 is 0. The van der Waals surface area contributed by atoms with E-state index in [0.29, 0.717) is 24.2 Å². The van der Waals surface area contributed by atoms with E-state index in [-0.39, 0.29) is 12.1 Å². The number of halogens is 3. The Balaban J connectivity index is 2.42. The molecule has 110 valence electrons. The molecule has 1 aromatic carbocycles. The van der Waals surface area contributed by atoms with Gasteiger partial charge in [0.1, 0.15) is 0 Å². The molecule has 2 N–H and O–H groups in total. The van der Waals surface area contributed by atoms with Crippen molar-refractivity contribution in [2.24, 2.45) is 0 Å². The molecule has 0 spiro atoms. The van der Waals surface area contributed by atoms with Crippen molar-refractivity contribution in [1.82, 2.24) is 14.5 Å². The number of nitrogen functional groups attached to an aromatic ring is 1. The SMILES string of the molecule is CN(C)CCCn1c(C(F)(F)F)nc2cc(N)ccc21. The van der Waals surface area contributed by atoms with E-state index in [4.69, 9.17) is 5.73 Å². The van der Waals surface area contributed by atoms with Gasteiger partial charge in [-0.25, -0.2) is 4.98 Å². The number of hydrogen-bond donors (Lipinski definition) is 1. The topological polar surface area (TPSA) is 47.1 Å². The molecule has 0 bridgehead atoms. The average Bonchev–Trinajstić information content (AvgIpc) is 2.66. The predicted octanol–water partition coefficient (Wildman–Crippen LogP) is 2.59. The van der Waals surface area contributed by atoms with Gasteiger partial charge in [0.05, 0.1) is 11.0 Å². The van der Waals surface area contributed by atoms with Crippen LogP contribution in [0.5, 0.6) is 0 Å². The Morgan fingerprint density at radius 2 is 2.00 bits per heavy atom. The van der Waals surface area contributed by atoms with Gasteiger partial charge in [0.2, 0.25) is 5.82 Å². The summed E-state index contributed by atoms with van der Waals surface area (Å²) in [4.78, 5) is 5.62. The standard InChI is InChI=1S/C13H17F3N4/c1-19(2)6-3-7-20-11-5-4-9(17)8-10(11)18-12(20)13(14,15)16/h4-5,8H,3,6-7,17H2,1-2H3. The summed E-state index contributed by atoms with van der Waals surface area (Å²) in [6.45, 7) is 0.986. The van der Waals surface area contributed by atoms with Crippen LogP contribution in [-0.4, -0.2) is 35.1 Å². The van der Waals surface area contributed by atoms with Crippen molar-refractivity contribution in [1.29, 1.82) is 0 Å².